The minimum atomic E-state index is -1.12. The Morgan fingerprint density at radius 2 is 1.53 bits per heavy atom. The molecule has 7 nitrogen and oxygen atoms in total. The SMILES string of the molecule is CCC(CC)COC(=O)[C@H](C#N)c1nc2ccccc2nc1N1CCN(c2ccccc2)CC1. The summed E-state index contributed by atoms with van der Waals surface area (Å²) in [6.45, 7) is 7.53. The van der Waals surface area contributed by atoms with Crippen LogP contribution in [0.4, 0.5) is 11.5 Å². The maximum atomic E-state index is 13.0. The van der Waals surface area contributed by atoms with E-state index < -0.39 is 11.9 Å². The molecule has 34 heavy (non-hydrogen) atoms. The summed E-state index contributed by atoms with van der Waals surface area (Å²) in [7, 11) is 0. The lowest BCUT2D eigenvalue weighted by atomic mass is 10.0. The van der Waals surface area contributed by atoms with Crippen LogP contribution in [-0.4, -0.2) is 48.7 Å². The molecule has 1 aliphatic rings. The molecule has 1 atom stereocenters. The average Bonchev–Trinajstić information content (AvgIpc) is 2.90. The third-order valence-electron chi connectivity index (χ3n) is 6.53. The van der Waals surface area contributed by atoms with Crippen molar-refractivity contribution in [2.24, 2.45) is 5.92 Å². The molecule has 3 aromatic rings. The minimum Gasteiger partial charge on any atom is -0.464 e. The number of hydrogen-bond donors (Lipinski definition) is 0. The number of nitrogens with zero attached hydrogens (tertiary/aromatic N) is 5. The van der Waals surface area contributed by atoms with Crippen molar-refractivity contribution >= 4 is 28.5 Å². The van der Waals surface area contributed by atoms with E-state index >= 15 is 0 Å². The molecule has 7 heteroatoms. The molecular weight excluding hydrogens is 426 g/mol. The van der Waals surface area contributed by atoms with Crippen molar-refractivity contribution in [2.45, 2.75) is 32.6 Å². The topological polar surface area (TPSA) is 82.3 Å². The zero-order valence-electron chi connectivity index (χ0n) is 19.9. The monoisotopic (exact) mass is 457 g/mol. The van der Waals surface area contributed by atoms with Gasteiger partial charge >= 0.3 is 5.97 Å². The largest absolute Gasteiger partial charge is 0.464 e. The molecule has 0 bridgehead atoms. The molecule has 0 amide bonds. The highest BCUT2D eigenvalue weighted by atomic mass is 16.5. The van der Waals surface area contributed by atoms with Gasteiger partial charge in [0.25, 0.3) is 0 Å². The van der Waals surface area contributed by atoms with Gasteiger partial charge in [-0.2, -0.15) is 5.26 Å². The molecule has 1 fully saturated rings. The Bertz CT molecular complexity index is 1150. The van der Waals surface area contributed by atoms with Crippen molar-refractivity contribution in [3.8, 4) is 6.07 Å². The quantitative estimate of drug-likeness (QED) is 0.459. The summed E-state index contributed by atoms with van der Waals surface area (Å²) in [4.78, 5) is 27.0. The Morgan fingerprint density at radius 1 is 0.941 bits per heavy atom. The molecule has 0 saturated carbocycles. The summed E-state index contributed by atoms with van der Waals surface area (Å²) < 4.78 is 5.57. The molecule has 1 saturated heterocycles. The van der Waals surface area contributed by atoms with E-state index in [1.807, 2.05) is 42.5 Å². The van der Waals surface area contributed by atoms with Gasteiger partial charge in [-0.25, -0.2) is 9.97 Å². The molecule has 0 aliphatic carbocycles. The first-order chi connectivity index (χ1) is 16.6. The lowest BCUT2D eigenvalue weighted by Crippen LogP contribution is -2.47. The van der Waals surface area contributed by atoms with Gasteiger partial charge in [0.05, 0.1) is 23.7 Å². The van der Waals surface area contributed by atoms with E-state index in [-0.39, 0.29) is 5.92 Å². The number of esters is 1. The molecule has 1 aromatic heterocycles. The van der Waals surface area contributed by atoms with Crippen molar-refractivity contribution in [1.82, 2.24) is 9.97 Å². The van der Waals surface area contributed by atoms with Crippen molar-refractivity contribution in [1.29, 1.82) is 5.26 Å². The van der Waals surface area contributed by atoms with Crippen LogP contribution in [0.3, 0.4) is 0 Å². The van der Waals surface area contributed by atoms with Gasteiger partial charge in [0.15, 0.2) is 11.7 Å². The number of anilines is 2. The van der Waals surface area contributed by atoms with Crippen molar-refractivity contribution in [2.75, 3.05) is 42.6 Å². The molecule has 2 heterocycles. The van der Waals surface area contributed by atoms with Crippen LogP contribution in [-0.2, 0) is 9.53 Å². The Morgan fingerprint density at radius 3 is 2.15 bits per heavy atom. The fourth-order valence-corrected chi connectivity index (χ4v) is 4.28. The van der Waals surface area contributed by atoms with E-state index in [4.69, 9.17) is 14.7 Å². The summed E-state index contributed by atoms with van der Waals surface area (Å²) in [6.07, 6.45) is 1.85. The van der Waals surface area contributed by atoms with Crippen molar-refractivity contribution in [3.05, 3.63) is 60.3 Å². The molecule has 0 unspecified atom stereocenters. The summed E-state index contributed by atoms with van der Waals surface area (Å²) in [5, 5.41) is 9.97. The number of carbonyl (C=O) groups is 1. The van der Waals surface area contributed by atoms with Gasteiger partial charge < -0.3 is 14.5 Å². The van der Waals surface area contributed by atoms with Gasteiger partial charge in [0.1, 0.15) is 5.69 Å². The van der Waals surface area contributed by atoms with Crippen LogP contribution in [0.2, 0.25) is 0 Å². The lowest BCUT2D eigenvalue weighted by molar-refractivity contribution is -0.145. The number of para-hydroxylation sites is 3. The standard InChI is InChI=1S/C27H31N5O2/c1-3-20(4-2)19-34-27(33)22(18-28)25-26(30-24-13-9-8-12-23(24)29-25)32-16-14-31(15-17-32)21-10-6-5-7-11-21/h5-13,20,22H,3-4,14-17,19H2,1-2H3/t22-/m1/s1. The molecule has 0 N–H and O–H groups in total. The maximum absolute atomic E-state index is 13.0. The summed E-state index contributed by atoms with van der Waals surface area (Å²) in [5.74, 6) is -0.786. The number of benzene rings is 2. The van der Waals surface area contributed by atoms with E-state index in [9.17, 15) is 10.1 Å². The van der Waals surface area contributed by atoms with E-state index in [1.54, 1.807) is 0 Å². The van der Waals surface area contributed by atoms with Crippen LogP contribution in [0.1, 0.15) is 38.3 Å². The number of piperazine rings is 1. The number of hydrogen-bond acceptors (Lipinski definition) is 7. The van der Waals surface area contributed by atoms with Gasteiger partial charge in [0, 0.05) is 31.9 Å². The number of aromatic nitrogens is 2. The highest BCUT2D eigenvalue weighted by Gasteiger charge is 2.31. The van der Waals surface area contributed by atoms with Crippen LogP contribution in [0.15, 0.2) is 54.6 Å². The lowest BCUT2D eigenvalue weighted by Gasteiger charge is -2.37. The van der Waals surface area contributed by atoms with E-state index in [1.165, 1.54) is 5.69 Å². The number of carbonyl (C=O) groups excluding carboxylic acids is 1. The van der Waals surface area contributed by atoms with Gasteiger partial charge in [-0.3, -0.25) is 4.79 Å². The number of nitriles is 1. The van der Waals surface area contributed by atoms with E-state index in [0.717, 1.165) is 44.5 Å². The third-order valence-corrected chi connectivity index (χ3v) is 6.53. The second-order valence-electron chi connectivity index (χ2n) is 8.61. The highest BCUT2D eigenvalue weighted by molar-refractivity contribution is 5.85. The maximum Gasteiger partial charge on any atom is 0.329 e. The Labute approximate surface area is 201 Å². The van der Waals surface area contributed by atoms with Crippen LogP contribution in [0.25, 0.3) is 11.0 Å². The summed E-state index contributed by atoms with van der Waals surface area (Å²) in [5.41, 5.74) is 2.97. The van der Waals surface area contributed by atoms with Crippen LogP contribution < -0.4 is 9.80 Å². The Hall–Kier alpha value is -3.66. The second-order valence-corrected chi connectivity index (χ2v) is 8.61. The Kier molecular flexibility index (Phi) is 7.58. The number of fused-ring (bicyclic) bond motifs is 1. The van der Waals surface area contributed by atoms with Crippen LogP contribution >= 0.6 is 0 Å². The zero-order valence-corrected chi connectivity index (χ0v) is 19.9. The normalized spacial score (nSPS) is 14.8. The molecule has 176 valence electrons. The van der Waals surface area contributed by atoms with Crippen LogP contribution in [0, 0.1) is 17.2 Å². The fourth-order valence-electron chi connectivity index (χ4n) is 4.28. The molecule has 2 aromatic carbocycles. The highest BCUT2D eigenvalue weighted by Crippen LogP contribution is 2.29. The Balaban J connectivity index is 1.61. The van der Waals surface area contributed by atoms with E-state index in [0.29, 0.717) is 23.6 Å². The van der Waals surface area contributed by atoms with Gasteiger partial charge in [-0.05, 0) is 30.2 Å². The van der Waals surface area contributed by atoms with Gasteiger partial charge in [-0.1, -0.05) is 57.0 Å². The summed E-state index contributed by atoms with van der Waals surface area (Å²) in [6, 6.07) is 20.0. The van der Waals surface area contributed by atoms with Crippen molar-refractivity contribution < 1.29 is 9.53 Å². The summed E-state index contributed by atoms with van der Waals surface area (Å²) >= 11 is 0. The molecular formula is C27H31N5O2. The average molecular weight is 458 g/mol. The third kappa shape index (κ3) is 5.12. The molecule has 1 aliphatic heterocycles. The second kappa shape index (κ2) is 11.0. The number of rotatable bonds is 8. The predicted octanol–water partition coefficient (Wildman–Crippen LogP) is 4.54. The number of ether oxygens (including phenoxy) is 1. The fraction of sp³-hybridized carbons (Fsp3) is 0.407. The molecule has 0 radical (unpaired) electrons. The molecule has 4 rings (SSSR count). The molecule has 0 spiro atoms. The predicted molar refractivity (Wildman–Crippen MR) is 134 cm³/mol. The van der Waals surface area contributed by atoms with Gasteiger partial charge in [0.2, 0.25) is 0 Å². The van der Waals surface area contributed by atoms with Crippen molar-refractivity contribution in [3.63, 3.8) is 0 Å². The first-order valence-corrected chi connectivity index (χ1v) is 12.0. The smallest absolute Gasteiger partial charge is 0.329 e. The minimum absolute atomic E-state index is 0.288. The first-order valence-electron chi connectivity index (χ1n) is 12.0. The van der Waals surface area contributed by atoms with Gasteiger partial charge in [-0.15, -0.1) is 0 Å². The van der Waals surface area contributed by atoms with E-state index in [2.05, 4.69) is 41.8 Å². The van der Waals surface area contributed by atoms with Crippen LogP contribution in [0.5, 0.6) is 0 Å². The first kappa shape index (κ1) is 23.5. The zero-order chi connectivity index (χ0) is 23.9.